The van der Waals surface area contributed by atoms with Crippen molar-refractivity contribution in [1.29, 1.82) is 5.41 Å². The predicted octanol–water partition coefficient (Wildman–Crippen LogP) is 2.40. The fraction of sp³-hybridized carbons (Fsp3) is 0.231. The lowest BCUT2D eigenvalue weighted by atomic mass is 10.1. The van der Waals surface area contributed by atoms with Gasteiger partial charge in [0.15, 0.2) is 6.79 Å². The number of rotatable bonds is 5. The van der Waals surface area contributed by atoms with Gasteiger partial charge in [-0.2, -0.15) is 4.98 Å². The van der Waals surface area contributed by atoms with Crippen LogP contribution in [0.25, 0.3) is 10.8 Å². The Morgan fingerprint density at radius 3 is 2.84 bits per heavy atom. The minimum atomic E-state index is -0.385. The van der Waals surface area contributed by atoms with Crippen molar-refractivity contribution in [2.45, 2.75) is 0 Å². The van der Waals surface area contributed by atoms with Crippen LogP contribution in [0.2, 0.25) is 0 Å². The molecule has 0 aliphatic carbocycles. The van der Waals surface area contributed by atoms with Gasteiger partial charge in [0, 0.05) is 31.3 Å². The van der Waals surface area contributed by atoms with Crippen molar-refractivity contribution in [2.24, 2.45) is 0 Å². The van der Waals surface area contributed by atoms with Gasteiger partial charge in [-0.1, -0.05) is 6.07 Å². The minimum Gasteiger partial charge on any atom is -0.450 e. The molecule has 0 saturated heterocycles. The molecule has 2 rings (SSSR count). The smallest absolute Gasteiger partial charge is 0.225 e. The van der Waals surface area contributed by atoms with Crippen LogP contribution in [0.5, 0.6) is 5.88 Å². The molecule has 1 aromatic heterocycles. The van der Waals surface area contributed by atoms with E-state index in [1.807, 2.05) is 0 Å². The molecular formula is C13H14FN3O2. The van der Waals surface area contributed by atoms with E-state index < -0.39 is 0 Å². The first-order valence-electron chi connectivity index (χ1n) is 5.64. The zero-order chi connectivity index (χ0) is 13.8. The van der Waals surface area contributed by atoms with E-state index in [2.05, 4.69) is 10.3 Å². The highest BCUT2D eigenvalue weighted by Crippen LogP contribution is 2.31. The van der Waals surface area contributed by atoms with Gasteiger partial charge in [0.1, 0.15) is 11.6 Å². The molecule has 2 N–H and O–H groups in total. The molecule has 0 radical (unpaired) electrons. The van der Waals surface area contributed by atoms with Crippen LogP contribution >= 0.6 is 0 Å². The maximum Gasteiger partial charge on any atom is 0.225 e. The fourth-order valence-corrected chi connectivity index (χ4v) is 1.84. The van der Waals surface area contributed by atoms with E-state index in [1.54, 1.807) is 13.1 Å². The molecule has 1 aromatic carbocycles. The van der Waals surface area contributed by atoms with Gasteiger partial charge in [-0.15, -0.1) is 0 Å². The summed E-state index contributed by atoms with van der Waals surface area (Å²) in [6.45, 7) is 0.0195. The summed E-state index contributed by atoms with van der Waals surface area (Å²) < 4.78 is 23.6. The molecule has 0 unspecified atom stereocenters. The standard InChI is InChI=1S/C13H14FN3O2/c1-16-12-11(6-15)9-4-3-8(14)5-10(9)13(17-12)19-7-18-2/h3-6,15H,7H2,1-2H3,(H,16,17). The first-order chi connectivity index (χ1) is 9.21. The maximum absolute atomic E-state index is 13.4. The van der Waals surface area contributed by atoms with E-state index in [0.29, 0.717) is 22.2 Å². The number of anilines is 1. The Kier molecular flexibility index (Phi) is 3.91. The summed E-state index contributed by atoms with van der Waals surface area (Å²) in [4.78, 5) is 4.24. The minimum absolute atomic E-state index is 0.0195. The van der Waals surface area contributed by atoms with Crippen molar-refractivity contribution in [1.82, 2.24) is 4.98 Å². The second-order valence-electron chi connectivity index (χ2n) is 3.81. The second-order valence-corrected chi connectivity index (χ2v) is 3.81. The average Bonchev–Trinajstić information content (AvgIpc) is 2.43. The van der Waals surface area contributed by atoms with E-state index in [9.17, 15) is 4.39 Å². The molecular weight excluding hydrogens is 249 g/mol. The Morgan fingerprint density at radius 1 is 1.42 bits per heavy atom. The molecule has 0 spiro atoms. The van der Waals surface area contributed by atoms with Gasteiger partial charge in [0.05, 0.1) is 0 Å². The lowest BCUT2D eigenvalue weighted by molar-refractivity contribution is 0.0491. The van der Waals surface area contributed by atoms with E-state index in [-0.39, 0.29) is 18.5 Å². The van der Waals surface area contributed by atoms with Crippen molar-refractivity contribution in [3.8, 4) is 5.88 Å². The summed E-state index contributed by atoms with van der Waals surface area (Å²) >= 11 is 0. The number of nitrogens with zero attached hydrogens (tertiary/aromatic N) is 1. The average molecular weight is 263 g/mol. The topological polar surface area (TPSA) is 67.2 Å². The van der Waals surface area contributed by atoms with Gasteiger partial charge >= 0.3 is 0 Å². The normalized spacial score (nSPS) is 10.5. The van der Waals surface area contributed by atoms with E-state index in [0.717, 1.165) is 0 Å². The number of fused-ring (bicyclic) bond motifs is 1. The van der Waals surface area contributed by atoms with Crippen LogP contribution in [-0.2, 0) is 4.74 Å². The molecule has 19 heavy (non-hydrogen) atoms. The number of nitrogens with one attached hydrogen (secondary N) is 2. The summed E-state index contributed by atoms with van der Waals surface area (Å²) in [7, 11) is 3.19. The molecule has 1 heterocycles. The number of hydrogen-bond donors (Lipinski definition) is 2. The van der Waals surface area contributed by atoms with Crippen LogP contribution in [0, 0.1) is 11.2 Å². The fourth-order valence-electron chi connectivity index (χ4n) is 1.84. The van der Waals surface area contributed by atoms with Crippen LogP contribution in [0.4, 0.5) is 10.2 Å². The molecule has 0 atom stereocenters. The van der Waals surface area contributed by atoms with Crippen LogP contribution in [-0.4, -0.2) is 32.1 Å². The van der Waals surface area contributed by atoms with Gasteiger partial charge in [0.25, 0.3) is 0 Å². The Balaban J connectivity index is 2.72. The highest BCUT2D eigenvalue weighted by Gasteiger charge is 2.13. The molecule has 0 saturated carbocycles. The summed E-state index contributed by atoms with van der Waals surface area (Å²) in [5.74, 6) is 0.385. The second kappa shape index (κ2) is 5.62. The Labute approximate surface area is 109 Å². The third-order valence-corrected chi connectivity index (χ3v) is 2.67. The molecule has 0 bridgehead atoms. The van der Waals surface area contributed by atoms with Crippen molar-refractivity contribution in [2.75, 3.05) is 26.3 Å². The number of methoxy groups -OCH3 is 1. The largest absolute Gasteiger partial charge is 0.450 e. The van der Waals surface area contributed by atoms with Gasteiger partial charge in [-0.05, 0) is 17.5 Å². The third kappa shape index (κ3) is 2.48. The Hall–Kier alpha value is -2.21. The van der Waals surface area contributed by atoms with Crippen LogP contribution in [0.3, 0.4) is 0 Å². The van der Waals surface area contributed by atoms with Gasteiger partial charge in [-0.3, -0.25) is 0 Å². The van der Waals surface area contributed by atoms with Gasteiger partial charge < -0.3 is 20.2 Å². The number of aromatic nitrogens is 1. The van der Waals surface area contributed by atoms with Gasteiger partial charge in [0.2, 0.25) is 5.88 Å². The molecule has 6 heteroatoms. The zero-order valence-electron chi connectivity index (χ0n) is 10.7. The SMILES string of the molecule is CNc1nc(OCOC)c2cc(F)ccc2c1C=N. The van der Waals surface area contributed by atoms with Crippen LogP contribution < -0.4 is 10.1 Å². The van der Waals surface area contributed by atoms with Gasteiger partial charge in [-0.25, -0.2) is 4.39 Å². The van der Waals surface area contributed by atoms with E-state index in [4.69, 9.17) is 14.9 Å². The van der Waals surface area contributed by atoms with E-state index in [1.165, 1.54) is 25.5 Å². The monoisotopic (exact) mass is 263 g/mol. The lowest BCUT2D eigenvalue weighted by Gasteiger charge is -2.13. The molecule has 100 valence electrons. The van der Waals surface area contributed by atoms with Crippen molar-refractivity contribution >= 4 is 22.8 Å². The molecule has 0 fully saturated rings. The zero-order valence-corrected chi connectivity index (χ0v) is 10.7. The molecule has 2 aromatic rings. The highest BCUT2D eigenvalue weighted by atomic mass is 19.1. The number of pyridine rings is 1. The maximum atomic E-state index is 13.4. The third-order valence-electron chi connectivity index (χ3n) is 2.67. The first kappa shape index (κ1) is 13.2. The van der Waals surface area contributed by atoms with Crippen molar-refractivity contribution < 1.29 is 13.9 Å². The number of hydrogen-bond acceptors (Lipinski definition) is 5. The number of benzene rings is 1. The van der Waals surface area contributed by atoms with Crippen LogP contribution in [0.1, 0.15) is 5.56 Å². The first-order valence-corrected chi connectivity index (χ1v) is 5.64. The van der Waals surface area contributed by atoms with E-state index >= 15 is 0 Å². The Bertz CT molecular complexity index is 616. The Morgan fingerprint density at radius 2 is 2.21 bits per heavy atom. The molecule has 0 aliphatic rings. The van der Waals surface area contributed by atoms with Crippen molar-refractivity contribution in [3.63, 3.8) is 0 Å². The van der Waals surface area contributed by atoms with Crippen LogP contribution in [0.15, 0.2) is 18.2 Å². The molecule has 0 amide bonds. The predicted molar refractivity (Wildman–Crippen MR) is 71.6 cm³/mol. The summed E-state index contributed by atoms with van der Waals surface area (Å²) in [6, 6.07) is 4.28. The summed E-state index contributed by atoms with van der Waals surface area (Å²) in [6.07, 6.45) is 1.18. The lowest BCUT2D eigenvalue weighted by Crippen LogP contribution is -2.06. The number of halogens is 1. The quantitative estimate of drug-likeness (QED) is 0.642. The number of ether oxygens (including phenoxy) is 2. The van der Waals surface area contributed by atoms with Crippen molar-refractivity contribution in [3.05, 3.63) is 29.6 Å². The molecule has 0 aliphatic heterocycles. The summed E-state index contributed by atoms with van der Waals surface area (Å²) in [5, 5.41) is 11.6. The highest BCUT2D eigenvalue weighted by molar-refractivity contribution is 6.04. The summed E-state index contributed by atoms with van der Waals surface area (Å²) in [5.41, 5.74) is 0.585. The molecule has 5 nitrogen and oxygen atoms in total.